The fourth-order valence-electron chi connectivity index (χ4n) is 2.24. The van der Waals surface area contributed by atoms with E-state index in [0.29, 0.717) is 11.4 Å². The van der Waals surface area contributed by atoms with Crippen molar-refractivity contribution < 1.29 is 4.79 Å². The van der Waals surface area contributed by atoms with Crippen LogP contribution in [0.4, 0.5) is 0 Å². The van der Waals surface area contributed by atoms with Gasteiger partial charge < -0.3 is 0 Å². The number of benzene rings is 2. The van der Waals surface area contributed by atoms with Gasteiger partial charge in [-0.1, -0.05) is 60.1 Å². The monoisotopic (exact) mass is 284 g/mol. The van der Waals surface area contributed by atoms with Gasteiger partial charge in [-0.2, -0.15) is 0 Å². The van der Waals surface area contributed by atoms with Crippen LogP contribution >= 0.6 is 11.6 Å². The van der Waals surface area contributed by atoms with Crippen LogP contribution in [-0.2, 0) is 0 Å². The van der Waals surface area contributed by atoms with Crippen LogP contribution in [0.2, 0.25) is 5.02 Å². The van der Waals surface area contributed by atoms with Gasteiger partial charge in [0.1, 0.15) is 0 Å². The molecule has 0 bridgehead atoms. The van der Waals surface area contributed by atoms with E-state index in [0.717, 1.165) is 17.5 Å². The number of allylic oxidation sites excluding steroid dienone is 1. The van der Waals surface area contributed by atoms with E-state index in [4.69, 9.17) is 11.6 Å². The summed E-state index contributed by atoms with van der Waals surface area (Å²) >= 11 is 5.91. The Morgan fingerprint density at radius 3 is 2.35 bits per heavy atom. The summed E-state index contributed by atoms with van der Waals surface area (Å²) in [4.78, 5) is 12.3. The molecule has 0 heterocycles. The molecule has 2 aromatic carbocycles. The van der Waals surface area contributed by atoms with Crippen LogP contribution in [0.3, 0.4) is 0 Å². The highest BCUT2D eigenvalue weighted by molar-refractivity contribution is 6.30. The molecule has 1 unspecified atom stereocenters. The molecular weight excluding hydrogens is 268 g/mol. The first-order chi connectivity index (χ1) is 9.70. The molecule has 2 heteroatoms. The van der Waals surface area contributed by atoms with Crippen molar-refractivity contribution in [3.63, 3.8) is 0 Å². The normalized spacial score (nSPS) is 11.8. The van der Waals surface area contributed by atoms with Crippen LogP contribution in [0, 0.1) is 0 Å². The Morgan fingerprint density at radius 2 is 1.75 bits per heavy atom. The highest BCUT2D eigenvalue weighted by Gasteiger charge is 2.16. The first-order valence-electron chi connectivity index (χ1n) is 6.65. The third-order valence-electron chi connectivity index (χ3n) is 3.32. The highest BCUT2D eigenvalue weighted by atomic mass is 35.5. The van der Waals surface area contributed by atoms with Crippen molar-refractivity contribution in [1.29, 1.82) is 0 Å². The quantitative estimate of drug-likeness (QED) is 0.521. The van der Waals surface area contributed by atoms with Crippen LogP contribution in [0.5, 0.6) is 0 Å². The van der Waals surface area contributed by atoms with E-state index in [1.165, 1.54) is 0 Å². The molecule has 0 amide bonds. The van der Waals surface area contributed by atoms with E-state index in [1.807, 2.05) is 60.7 Å². The van der Waals surface area contributed by atoms with Crippen LogP contribution in [0.15, 0.2) is 67.3 Å². The molecule has 20 heavy (non-hydrogen) atoms. The first kappa shape index (κ1) is 14.5. The van der Waals surface area contributed by atoms with E-state index in [2.05, 4.69) is 6.58 Å². The molecule has 2 aromatic rings. The molecule has 0 fully saturated rings. The average Bonchev–Trinajstić information content (AvgIpc) is 2.48. The van der Waals surface area contributed by atoms with E-state index in [9.17, 15) is 4.79 Å². The number of rotatable bonds is 6. The second kappa shape index (κ2) is 7.06. The molecule has 0 aliphatic carbocycles. The minimum atomic E-state index is 0.150. The summed E-state index contributed by atoms with van der Waals surface area (Å²) in [5.74, 6) is 0.310. The number of carbonyl (C=O) groups excluding carboxylic acids is 1. The van der Waals surface area contributed by atoms with Gasteiger partial charge in [-0.05, 0) is 30.0 Å². The number of ketones is 1. The third-order valence-corrected chi connectivity index (χ3v) is 3.57. The Balaban J connectivity index is 2.15. The smallest absolute Gasteiger partial charge is 0.163 e. The van der Waals surface area contributed by atoms with E-state index < -0.39 is 0 Å². The van der Waals surface area contributed by atoms with Gasteiger partial charge in [-0.25, -0.2) is 0 Å². The van der Waals surface area contributed by atoms with Crippen LogP contribution in [0.1, 0.15) is 34.7 Å². The topological polar surface area (TPSA) is 17.1 Å². The van der Waals surface area contributed by atoms with Crippen LogP contribution in [0.25, 0.3) is 0 Å². The molecule has 0 aliphatic heterocycles. The number of carbonyl (C=O) groups is 1. The minimum Gasteiger partial charge on any atom is -0.294 e. The third kappa shape index (κ3) is 3.82. The summed E-state index contributed by atoms with van der Waals surface area (Å²) in [6.07, 6.45) is 3.12. The molecule has 0 aromatic heterocycles. The minimum absolute atomic E-state index is 0.150. The lowest BCUT2D eigenvalue weighted by atomic mass is 9.89. The second-order valence-electron chi connectivity index (χ2n) is 4.77. The van der Waals surface area contributed by atoms with Crippen molar-refractivity contribution in [2.24, 2.45) is 0 Å². The molecule has 1 nitrogen and oxygen atoms in total. The summed E-state index contributed by atoms with van der Waals surface area (Å²) in [5, 5.41) is 0.709. The molecule has 0 saturated heterocycles. The predicted molar refractivity (Wildman–Crippen MR) is 84.4 cm³/mol. The van der Waals surface area contributed by atoms with Gasteiger partial charge in [0.05, 0.1) is 0 Å². The van der Waals surface area contributed by atoms with Crippen molar-refractivity contribution in [1.82, 2.24) is 0 Å². The van der Waals surface area contributed by atoms with Crippen molar-refractivity contribution >= 4 is 17.4 Å². The average molecular weight is 285 g/mol. The van der Waals surface area contributed by atoms with Gasteiger partial charge in [0.25, 0.3) is 0 Å². The van der Waals surface area contributed by atoms with Crippen LogP contribution < -0.4 is 0 Å². The number of hydrogen-bond acceptors (Lipinski definition) is 1. The molecule has 2 rings (SSSR count). The van der Waals surface area contributed by atoms with Gasteiger partial charge in [-0.15, -0.1) is 6.58 Å². The van der Waals surface area contributed by atoms with Crippen molar-refractivity contribution in [2.45, 2.75) is 18.8 Å². The second-order valence-corrected chi connectivity index (χ2v) is 5.20. The Kier molecular flexibility index (Phi) is 5.14. The number of halogens is 1. The summed E-state index contributed by atoms with van der Waals surface area (Å²) in [6.45, 7) is 3.79. The number of Topliss-reactive ketones (excluding diaryl/α,β-unsaturated/α-hetero) is 1. The molecule has 0 saturated carbocycles. The fraction of sp³-hybridized carbons (Fsp3) is 0.167. The first-order valence-corrected chi connectivity index (χ1v) is 7.03. The van der Waals surface area contributed by atoms with E-state index in [-0.39, 0.29) is 11.7 Å². The Hall–Kier alpha value is -1.86. The van der Waals surface area contributed by atoms with Crippen LogP contribution in [-0.4, -0.2) is 5.78 Å². The van der Waals surface area contributed by atoms with Gasteiger partial charge in [0.15, 0.2) is 5.78 Å². The zero-order valence-corrected chi connectivity index (χ0v) is 12.0. The van der Waals surface area contributed by atoms with Crippen molar-refractivity contribution in [2.75, 3.05) is 0 Å². The van der Waals surface area contributed by atoms with Gasteiger partial charge >= 0.3 is 0 Å². The maximum absolute atomic E-state index is 12.3. The summed E-state index contributed by atoms with van der Waals surface area (Å²) in [7, 11) is 0. The summed E-state index contributed by atoms with van der Waals surface area (Å²) in [5.41, 5.74) is 1.88. The summed E-state index contributed by atoms with van der Waals surface area (Å²) < 4.78 is 0. The lowest BCUT2D eigenvalue weighted by molar-refractivity contribution is 0.0974. The SMILES string of the molecule is C=CCC(CC(=O)c1ccccc1)c1ccc(Cl)cc1. The zero-order chi connectivity index (χ0) is 14.4. The van der Waals surface area contributed by atoms with Gasteiger partial charge in [0.2, 0.25) is 0 Å². The lowest BCUT2D eigenvalue weighted by Gasteiger charge is -2.15. The predicted octanol–water partition coefficient (Wildman–Crippen LogP) is 5.27. The van der Waals surface area contributed by atoms with Crippen molar-refractivity contribution in [3.8, 4) is 0 Å². The Labute approximate surface area is 124 Å². The summed E-state index contributed by atoms with van der Waals surface area (Å²) in [6, 6.07) is 17.1. The fourth-order valence-corrected chi connectivity index (χ4v) is 2.37. The molecule has 0 radical (unpaired) electrons. The lowest BCUT2D eigenvalue weighted by Crippen LogP contribution is -2.07. The molecular formula is C18H17ClO. The largest absolute Gasteiger partial charge is 0.294 e. The molecule has 102 valence electrons. The molecule has 0 spiro atoms. The van der Waals surface area contributed by atoms with Crippen molar-refractivity contribution in [3.05, 3.63) is 83.4 Å². The zero-order valence-electron chi connectivity index (χ0n) is 11.3. The van der Waals surface area contributed by atoms with E-state index in [1.54, 1.807) is 0 Å². The maximum atomic E-state index is 12.3. The Morgan fingerprint density at radius 1 is 1.10 bits per heavy atom. The Bertz CT molecular complexity index is 572. The standard InChI is InChI=1S/C18H17ClO/c1-2-6-16(14-9-11-17(19)12-10-14)13-18(20)15-7-4-3-5-8-15/h2-5,7-12,16H,1,6,13H2. The van der Waals surface area contributed by atoms with Gasteiger partial charge in [-0.3, -0.25) is 4.79 Å². The maximum Gasteiger partial charge on any atom is 0.163 e. The van der Waals surface area contributed by atoms with E-state index >= 15 is 0 Å². The molecule has 0 N–H and O–H groups in total. The number of hydrogen-bond donors (Lipinski definition) is 0. The molecule has 1 atom stereocenters. The molecule has 0 aliphatic rings. The van der Waals surface area contributed by atoms with Gasteiger partial charge in [0, 0.05) is 17.0 Å². The highest BCUT2D eigenvalue weighted by Crippen LogP contribution is 2.26.